The first-order valence-electron chi connectivity index (χ1n) is 7.93. The zero-order valence-electron chi connectivity index (χ0n) is 12.9. The summed E-state index contributed by atoms with van der Waals surface area (Å²) in [4.78, 5) is 24.5. The highest BCUT2D eigenvalue weighted by Crippen LogP contribution is 2.72. The summed E-state index contributed by atoms with van der Waals surface area (Å²) in [6, 6.07) is 7.12. The van der Waals surface area contributed by atoms with Crippen LogP contribution in [0, 0.1) is 29.1 Å². The third-order valence-corrected chi connectivity index (χ3v) is 5.77. The Morgan fingerprint density at radius 1 is 1.22 bits per heavy atom. The van der Waals surface area contributed by atoms with Gasteiger partial charge in [0.05, 0.1) is 18.9 Å². The Labute approximate surface area is 134 Å². The number of aliphatic carboxylic acids is 1. The molecule has 0 heterocycles. The molecule has 1 aromatic carbocycles. The van der Waals surface area contributed by atoms with Crippen LogP contribution < -0.4 is 10.1 Å². The molecule has 0 unspecified atom stereocenters. The summed E-state index contributed by atoms with van der Waals surface area (Å²) in [6.07, 6.45) is 6.14. The molecule has 3 aliphatic carbocycles. The summed E-state index contributed by atoms with van der Waals surface area (Å²) >= 11 is 0. The number of nitrogens with one attached hydrogen (secondary N) is 1. The third kappa shape index (κ3) is 1.99. The number of methoxy groups -OCH3 is 1. The number of carboxylic acids is 1. The second-order valence-electron chi connectivity index (χ2n) is 6.78. The number of carbonyl (C=O) groups is 2. The molecule has 120 valence electrons. The molecule has 2 bridgehead atoms. The molecule has 1 amide bonds. The van der Waals surface area contributed by atoms with Crippen LogP contribution in [0.2, 0.25) is 0 Å². The molecule has 2 N–H and O–H groups in total. The second kappa shape index (κ2) is 4.85. The zero-order valence-corrected chi connectivity index (χ0v) is 12.9. The zero-order chi connectivity index (χ0) is 16.2. The third-order valence-electron chi connectivity index (χ3n) is 5.77. The predicted molar refractivity (Wildman–Crippen MR) is 84.0 cm³/mol. The van der Waals surface area contributed by atoms with E-state index in [1.54, 1.807) is 31.4 Å². The van der Waals surface area contributed by atoms with Gasteiger partial charge in [0, 0.05) is 11.8 Å². The van der Waals surface area contributed by atoms with Crippen LogP contribution in [0.15, 0.2) is 36.4 Å². The van der Waals surface area contributed by atoms with Crippen molar-refractivity contribution in [2.45, 2.75) is 12.8 Å². The largest absolute Gasteiger partial charge is 0.497 e. The van der Waals surface area contributed by atoms with E-state index < -0.39 is 17.8 Å². The van der Waals surface area contributed by atoms with Crippen LogP contribution in [-0.2, 0) is 9.59 Å². The number of carboxylic acid groups (broad SMARTS) is 1. The maximum Gasteiger partial charge on any atom is 0.307 e. The van der Waals surface area contributed by atoms with E-state index >= 15 is 0 Å². The van der Waals surface area contributed by atoms with Gasteiger partial charge in [0.2, 0.25) is 5.91 Å². The highest BCUT2D eigenvalue weighted by atomic mass is 16.5. The van der Waals surface area contributed by atoms with E-state index in [2.05, 4.69) is 11.4 Å². The minimum absolute atomic E-state index is 0.00561. The predicted octanol–water partition coefficient (Wildman–Crippen LogP) is 2.55. The molecule has 1 spiro atoms. The Balaban J connectivity index is 1.60. The number of benzene rings is 1. The Morgan fingerprint density at radius 2 is 1.91 bits per heavy atom. The molecule has 0 aromatic heterocycles. The van der Waals surface area contributed by atoms with Crippen molar-refractivity contribution in [1.82, 2.24) is 0 Å². The van der Waals surface area contributed by atoms with Gasteiger partial charge in [-0.3, -0.25) is 9.59 Å². The first-order chi connectivity index (χ1) is 11.1. The summed E-state index contributed by atoms with van der Waals surface area (Å²) in [5, 5.41) is 12.5. The van der Waals surface area contributed by atoms with Crippen molar-refractivity contribution in [2.24, 2.45) is 29.1 Å². The first-order valence-corrected chi connectivity index (χ1v) is 7.93. The van der Waals surface area contributed by atoms with Crippen molar-refractivity contribution in [3.8, 4) is 5.75 Å². The molecule has 0 saturated heterocycles. The van der Waals surface area contributed by atoms with Gasteiger partial charge >= 0.3 is 5.97 Å². The van der Waals surface area contributed by atoms with E-state index in [1.807, 2.05) is 6.08 Å². The topological polar surface area (TPSA) is 75.6 Å². The molecular weight excluding hydrogens is 294 g/mol. The van der Waals surface area contributed by atoms with Crippen molar-refractivity contribution in [3.63, 3.8) is 0 Å². The monoisotopic (exact) mass is 313 g/mol. The lowest BCUT2D eigenvalue weighted by atomic mass is 9.82. The smallest absolute Gasteiger partial charge is 0.307 e. The van der Waals surface area contributed by atoms with Gasteiger partial charge in [-0.15, -0.1) is 0 Å². The number of carbonyl (C=O) groups excluding carboxylic acids is 1. The van der Waals surface area contributed by atoms with Crippen LogP contribution >= 0.6 is 0 Å². The molecule has 1 aromatic rings. The van der Waals surface area contributed by atoms with Crippen molar-refractivity contribution in [2.75, 3.05) is 12.4 Å². The van der Waals surface area contributed by atoms with E-state index in [0.29, 0.717) is 11.4 Å². The standard InChI is InChI=1S/C18H19NO4/c1-23-11-4-2-3-10(9-11)19-16(20)14-12-5-6-13(15(14)17(21)22)18(12)7-8-18/h2-6,9,12-15H,7-8H2,1H3,(H,19,20)(H,21,22)/t12-,13+,14+,15-/m1/s1. The number of rotatable bonds is 4. The van der Waals surface area contributed by atoms with Gasteiger partial charge in [-0.2, -0.15) is 0 Å². The number of hydrogen-bond donors (Lipinski definition) is 2. The quantitative estimate of drug-likeness (QED) is 0.838. The second-order valence-corrected chi connectivity index (χ2v) is 6.78. The molecule has 5 heteroatoms. The molecule has 2 fully saturated rings. The van der Waals surface area contributed by atoms with Crippen molar-refractivity contribution >= 4 is 17.6 Å². The van der Waals surface area contributed by atoms with Crippen molar-refractivity contribution < 1.29 is 19.4 Å². The molecule has 2 saturated carbocycles. The van der Waals surface area contributed by atoms with Crippen LogP contribution in [-0.4, -0.2) is 24.1 Å². The van der Waals surface area contributed by atoms with Gasteiger partial charge in [-0.25, -0.2) is 0 Å². The van der Waals surface area contributed by atoms with E-state index in [9.17, 15) is 14.7 Å². The fraction of sp³-hybridized carbons (Fsp3) is 0.444. The van der Waals surface area contributed by atoms with Crippen LogP contribution in [0.4, 0.5) is 5.69 Å². The van der Waals surface area contributed by atoms with E-state index in [0.717, 1.165) is 12.8 Å². The van der Waals surface area contributed by atoms with Crippen molar-refractivity contribution in [1.29, 1.82) is 0 Å². The van der Waals surface area contributed by atoms with Crippen molar-refractivity contribution in [3.05, 3.63) is 36.4 Å². The average molecular weight is 313 g/mol. The van der Waals surface area contributed by atoms with Gasteiger partial charge < -0.3 is 15.2 Å². The van der Waals surface area contributed by atoms with Crippen LogP contribution in [0.25, 0.3) is 0 Å². The lowest BCUT2D eigenvalue weighted by Gasteiger charge is -2.23. The highest BCUT2D eigenvalue weighted by molar-refractivity contribution is 5.96. The van der Waals surface area contributed by atoms with Crippen LogP contribution in [0.3, 0.4) is 0 Å². The summed E-state index contributed by atoms with van der Waals surface area (Å²) < 4.78 is 5.16. The van der Waals surface area contributed by atoms with Gasteiger partial charge in [0.1, 0.15) is 5.75 Å². The number of ether oxygens (including phenoxy) is 1. The number of hydrogen-bond acceptors (Lipinski definition) is 3. The molecule has 23 heavy (non-hydrogen) atoms. The summed E-state index contributed by atoms with van der Waals surface area (Å²) in [5.41, 5.74) is 0.675. The molecule has 0 aliphatic heterocycles. The van der Waals surface area contributed by atoms with E-state index in [1.165, 1.54) is 0 Å². The fourth-order valence-electron chi connectivity index (χ4n) is 4.62. The molecule has 3 aliphatic rings. The van der Waals surface area contributed by atoms with E-state index in [-0.39, 0.29) is 23.2 Å². The molecular formula is C18H19NO4. The maximum atomic E-state index is 12.8. The van der Waals surface area contributed by atoms with Crippen LogP contribution in [0.5, 0.6) is 5.75 Å². The Kier molecular flexibility index (Phi) is 3.01. The van der Waals surface area contributed by atoms with Gasteiger partial charge in [-0.05, 0) is 42.2 Å². The lowest BCUT2D eigenvalue weighted by molar-refractivity contribution is -0.146. The minimum Gasteiger partial charge on any atom is -0.497 e. The minimum atomic E-state index is -0.862. The maximum absolute atomic E-state index is 12.8. The molecule has 4 atom stereocenters. The normalized spacial score (nSPS) is 32.0. The molecule has 4 rings (SSSR count). The summed E-state index contributed by atoms with van der Waals surface area (Å²) in [5.74, 6) is -1.45. The SMILES string of the molecule is COc1cccc(NC(=O)[C@@H]2[C@H](C(=O)O)[C@@H]3C=C[C@H]2C32CC2)c1. The Hall–Kier alpha value is -2.30. The number of anilines is 1. The average Bonchev–Trinajstić information content (AvgIpc) is 3.20. The first kappa shape index (κ1) is 14.3. The van der Waals surface area contributed by atoms with Gasteiger partial charge in [-0.1, -0.05) is 18.2 Å². The number of allylic oxidation sites excluding steroid dienone is 2. The molecule has 5 nitrogen and oxygen atoms in total. The summed E-state index contributed by atoms with van der Waals surface area (Å²) in [6.45, 7) is 0. The molecule has 0 radical (unpaired) electrons. The van der Waals surface area contributed by atoms with Gasteiger partial charge in [0.15, 0.2) is 0 Å². The number of amides is 1. The Morgan fingerprint density at radius 3 is 2.52 bits per heavy atom. The van der Waals surface area contributed by atoms with E-state index in [4.69, 9.17) is 4.74 Å². The summed E-state index contributed by atoms with van der Waals surface area (Å²) in [7, 11) is 1.57. The Bertz CT molecular complexity index is 707. The lowest BCUT2D eigenvalue weighted by Crippen LogP contribution is -2.36. The van der Waals surface area contributed by atoms with Gasteiger partial charge in [0.25, 0.3) is 0 Å². The highest BCUT2D eigenvalue weighted by Gasteiger charge is 2.70. The fourth-order valence-corrected chi connectivity index (χ4v) is 4.62. The van der Waals surface area contributed by atoms with Crippen LogP contribution in [0.1, 0.15) is 12.8 Å².